The number of sulfone groups is 1. The third-order valence-electron chi connectivity index (χ3n) is 3.18. The molecule has 0 saturated carbocycles. The van der Waals surface area contributed by atoms with Crippen LogP contribution in [0.3, 0.4) is 0 Å². The standard InChI is InChI=1S/C15H15BrFNO2S/c1-21(19,20)12-5-3-11(4-6-12)15(18)9-10-2-7-14(17)13(16)8-10/h2-8,15H,9,18H2,1H3. The average Bonchev–Trinajstić information content (AvgIpc) is 2.42. The number of benzene rings is 2. The zero-order valence-corrected chi connectivity index (χ0v) is 13.8. The van der Waals surface area contributed by atoms with E-state index in [1.165, 1.54) is 6.07 Å². The van der Waals surface area contributed by atoms with Gasteiger partial charge in [0.05, 0.1) is 9.37 Å². The summed E-state index contributed by atoms with van der Waals surface area (Å²) in [5.74, 6) is -0.315. The van der Waals surface area contributed by atoms with Gasteiger partial charge in [-0.15, -0.1) is 0 Å². The van der Waals surface area contributed by atoms with Crippen LogP contribution in [-0.4, -0.2) is 14.7 Å². The van der Waals surface area contributed by atoms with Gasteiger partial charge >= 0.3 is 0 Å². The average molecular weight is 372 g/mol. The number of hydrogen-bond donors (Lipinski definition) is 1. The molecule has 0 radical (unpaired) electrons. The van der Waals surface area contributed by atoms with Crippen LogP contribution in [0.1, 0.15) is 17.2 Å². The summed E-state index contributed by atoms with van der Waals surface area (Å²) in [6, 6.07) is 11.0. The SMILES string of the molecule is CS(=O)(=O)c1ccc(C(N)Cc2ccc(F)c(Br)c2)cc1. The fourth-order valence-corrected chi connectivity index (χ4v) is 3.06. The minimum absolute atomic E-state index is 0.267. The molecule has 1 unspecified atom stereocenters. The van der Waals surface area contributed by atoms with Gasteiger partial charge in [-0.05, 0) is 57.7 Å². The number of halogens is 2. The lowest BCUT2D eigenvalue weighted by atomic mass is 10.00. The van der Waals surface area contributed by atoms with Crippen molar-refractivity contribution in [2.75, 3.05) is 6.26 Å². The van der Waals surface area contributed by atoms with Crippen molar-refractivity contribution in [1.29, 1.82) is 0 Å². The minimum Gasteiger partial charge on any atom is -0.324 e. The molecule has 0 aliphatic rings. The topological polar surface area (TPSA) is 60.2 Å². The van der Waals surface area contributed by atoms with Crippen LogP contribution in [0.5, 0.6) is 0 Å². The maximum Gasteiger partial charge on any atom is 0.175 e. The zero-order valence-electron chi connectivity index (χ0n) is 11.4. The summed E-state index contributed by atoms with van der Waals surface area (Å²) in [5, 5.41) is 0. The molecule has 0 saturated heterocycles. The van der Waals surface area contributed by atoms with Gasteiger partial charge < -0.3 is 5.73 Å². The second-order valence-corrected chi connectivity index (χ2v) is 7.77. The van der Waals surface area contributed by atoms with Crippen LogP contribution in [0.4, 0.5) is 4.39 Å². The Morgan fingerprint density at radius 1 is 1.19 bits per heavy atom. The molecule has 0 amide bonds. The number of hydrogen-bond acceptors (Lipinski definition) is 3. The second-order valence-electron chi connectivity index (χ2n) is 4.90. The monoisotopic (exact) mass is 371 g/mol. The molecule has 1 atom stereocenters. The Morgan fingerprint density at radius 2 is 1.81 bits per heavy atom. The predicted octanol–water partition coefficient (Wildman–Crippen LogP) is 3.23. The normalized spacial score (nSPS) is 13.1. The molecule has 2 aromatic rings. The molecular weight excluding hydrogens is 357 g/mol. The van der Waals surface area contributed by atoms with Crippen molar-refractivity contribution in [2.45, 2.75) is 17.4 Å². The summed E-state index contributed by atoms with van der Waals surface area (Å²) in [7, 11) is -3.20. The Morgan fingerprint density at radius 3 is 2.33 bits per heavy atom. The lowest BCUT2D eigenvalue weighted by Crippen LogP contribution is -2.13. The van der Waals surface area contributed by atoms with Crippen molar-refractivity contribution in [3.05, 3.63) is 63.9 Å². The van der Waals surface area contributed by atoms with Crippen LogP contribution >= 0.6 is 15.9 Å². The zero-order chi connectivity index (χ0) is 15.6. The highest BCUT2D eigenvalue weighted by Gasteiger charge is 2.11. The van der Waals surface area contributed by atoms with Crippen LogP contribution in [-0.2, 0) is 16.3 Å². The Labute approximate surface area is 132 Å². The van der Waals surface area contributed by atoms with Gasteiger partial charge in [0.15, 0.2) is 9.84 Å². The van der Waals surface area contributed by atoms with E-state index in [0.717, 1.165) is 17.4 Å². The molecule has 0 heterocycles. The molecule has 0 aromatic heterocycles. The molecule has 21 heavy (non-hydrogen) atoms. The summed E-state index contributed by atoms with van der Waals surface area (Å²) in [6.45, 7) is 0. The molecule has 6 heteroatoms. The van der Waals surface area contributed by atoms with E-state index in [0.29, 0.717) is 10.9 Å². The number of rotatable bonds is 4. The maximum atomic E-state index is 13.2. The Bertz CT molecular complexity index is 745. The minimum atomic E-state index is -3.20. The van der Waals surface area contributed by atoms with E-state index in [2.05, 4.69) is 15.9 Å². The van der Waals surface area contributed by atoms with Crippen molar-refractivity contribution >= 4 is 25.8 Å². The van der Waals surface area contributed by atoms with Crippen LogP contribution in [0.2, 0.25) is 0 Å². The summed E-state index contributed by atoms with van der Waals surface area (Å²) < 4.78 is 36.4. The first-order valence-electron chi connectivity index (χ1n) is 6.27. The fraction of sp³-hybridized carbons (Fsp3) is 0.200. The van der Waals surface area contributed by atoms with E-state index in [4.69, 9.17) is 5.73 Å². The molecule has 0 aliphatic carbocycles. The van der Waals surface area contributed by atoms with E-state index in [-0.39, 0.29) is 16.8 Å². The first-order valence-corrected chi connectivity index (χ1v) is 8.95. The molecule has 3 nitrogen and oxygen atoms in total. The molecule has 2 rings (SSSR count). The summed E-state index contributed by atoms with van der Waals surface area (Å²) in [4.78, 5) is 0.267. The molecule has 112 valence electrons. The van der Waals surface area contributed by atoms with Gasteiger partial charge in [0.25, 0.3) is 0 Å². The van der Waals surface area contributed by atoms with Gasteiger partial charge in [-0.1, -0.05) is 18.2 Å². The van der Waals surface area contributed by atoms with Crippen LogP contribution in [0.15, 0.2) is 51.8 Å². The van der Waals surface area contributed by atoms with E-state index in [9.17, 15) is 12.8 Å². The molecule has 0 fully saturated rings. The van der Waals surface area contributed by atoms with E-state index < -0.39 is 9.84 Å². The highest BCUT2D eigenvalue weighted by atomic mass is 79.9. The van der Waals surface area contributed by atoms with Crippen molar-refractivity contribution in [3.8, 4) is 0 Å². The second kappa shape index (κ2) is 6.25. The maximum absolute atomic E-state index is 13.2. The van der Waals surface area contributed by atoms with Gasteiger partial charge in [-0.3, -0.25) is 0 Å². The fourth-order valence-electron chi connectivity index (χ4n) is 2.00. The van der Waals surface area contributed by atoms with Crippen molar-refractivity contribution in [2.24, 2.45) is 5.73 Å². The first-order chi connectivity index (χ1) is 9.77. The van der Waals surface area contributed by atoms with Gasteiger partial charge in [-0.25, -0.2) is 12.8 Å². The van der Waals surface area contributed by atoms with Crippen molar-refractivity contribution < 1.29 is 12.8 Å². The molecule has 2 aromatic carbocycles. The van der Waals surface area contributed by atoms with Gasteiger partial charge in [0.1, 0.15) is 5.82 Å². The third kappa shape index (κ3) is 4.12. The van der Waals surface area contributed by atoms with Crippen molar-refractivity contribution in [1.82, 2.24) is 0 Å². The Kier molecular flexibility index (Phi) is 4.81. The van der Waals surface area contributed by atoms with E-state index in [1.807, 2.05) is 0 Å². The highest BCUT2D eigenvalue weighted by molar-refractivity contribution is 9.10. The molecule has 0 aliphatic heterocycles. The van der Waals surface area contributed by atoms with Gasteiger partial charge in [0.2, 0.25) is 0 Å². The van der Waals surface area contributed by atoms with Crippen LogP contribution < -0.4 is 5.73 Å². The smallest absolute Gasteiger partial charge is 0.175 e. The lowest BCUT2D eigenvalue weighted by molar-refractivity contribution is 0.601. The molecule has 2 N–H and O–H groups in total. The van der Waals surface area contributed by atoms with Crippen molar-refractivity contribution in [3.63, 3.8) is 0 Å². The Hall–Kier alpha value is -1.24. The largest absolute Gasteiger partial charge is 0.324 e. The summed E-state index contributed by atoms with van der Waals surface area (Å²) >= 11 is 3.14. The number of nitrogens with two attached hydrogens (primary N) is 1. The van der Waals surface area contributed by atoms with Gasteiger partial charge in [0, 0.05) is 12.3 Å². The molecular formula is C15H15BrFNO2S. The third-order valence-corrected chi connectivity index (χ3v) is 4.91. The summed E-state index contributed by atoms with van der Waals surface area (Å²) in [5.41, 5.74) is 7.86. The summed E-state index contributed by atoms with van der Waals surface area (Å²) in [6.07, 6.45) is 1.70. The molecule has 0 bridgehead atoms. The predicted molar refractivity (Wildman–Crippen MR) is 84.3 cm³/mol. The van der Waals surface area contributed by atoms with E-state index >= 15 is 0 Å². The first kappa shape index (κ1) is 16.1. The Balaban J connectivity index is 2.16. The lowest BCUT2D eigenvalue weighted by Gasteiger charge is -2.13. The molecule has 0 spiro atoms. The quantitative estimate of drug-likeness (QED) is 0.897. The van der Waals surface area contributed by atoms with Crippen LogP contribution in [0.25, 0.3) is 0 Å². The van der Waals surface area contributed by atoms with Gasteiger partial charge in [-0.2, -0.15) is 0 Å². The van der Waals surface area contributed by atoms with Crippen LogP contribution in [0, 0.1) is 5.82 Å². The highest BCUT2D eigenvalue weighted by Crippen LogP contribution is 2.22. The van der Waals surface area contributed by atoms with E-state index in [1.54, 1.807) is 36.4 Å².